The molecule has 1 unspecified atom stereocenters. The van der Waals surface area contributed by atoms with Gasteiger partial charge < -0.3 is 34.7 Å². The van der Waals surface area contributed by atoms with Crippen LogP contribution in [0.15, 0.2) is 29.5 Å². The Bertz CT molecular complexity index is 1240. The van der Waals surface area contributed by atoms with Crippen LogP contribution < -0.4 is 20.5 Å². The third kappa shape index (κ3) is 5.96. The Morgan fingerprint density at radius 3 is 2.56 bits per heavy atom. The van der Waals surface area contributed by atoms with E-state index in [1.807, 2.05) is 0 Å². The molecule has 1 aromatic rings. The quantitative estimate of drug-likeness (QED) is 0.258. The Balaban J connectivity index is 1.45. The highest BCUT2D eigenvalue weighted by Gasteiger charge is 2.54. The van der Waals surface area contributed by atoms with Gasteiger partial charge in [-0.25, -0.2) is 4.79 Å². The fourth-order valence-electron chi connectivity index (χ4n) is 3.89. The Labute approximate surface area is 228 Å². The lowest BCUT2D eigenvalue weighted by molar-refractivity contribution is -0.173. The first-order chi connectivity index (χ1) is 18.4. The molecule has 0 radical (unpaired) electrons. The highest BCUT2D eigenvalue weighted by atomic mass is 32.2. The molecule has 0 aliphatic carbocycles. The summed E-state index contributed by atoms with van der Waals surface area (Å²) in [5.41, 5.74) is 6.01. The molecule has 1 fully saturated rings. The zero-order valence-electron chi connectivity index (χ0n) is 21.8. The van der Waals surface area contributed by atoms with Crippen molar-refractivity contribution in [1.29, 1.82) is 0 Å². The van der Waals surface area contributed by atoms with Gasteiger partial charge in [0.1, 0.15) is 29.8 Å². The second-order valence-electron chi connectivity index (χ2n) is 9.95. The van der Waals surface area contributed by atoms with Gasteiger partial charge in [-0.3, -0.25) is 24.1 Å². The third-order valence-corrected chi connectivity index (χ3v) is 7.36. The van der Waals surface area contributed by atoms with E-state index in [9.17, 15) is 24.0 Å². The summed E-state index contributed by atoms with van der Waals surface area (Å²) in [6.07, 6.45) is 0. The maximum Gasteiger partial charge on any atom is 0.358 e. The van der Waals surface area contributed by atoms with E-state index in [4.69, 9.17) is 29.4 Å². The number of nitrogens with one attached hydrogen (secondary N) is 1. The van der Waals surface area contributed by atoms with Gasteiger partial charge >= 0.3 is 17.9 Å². The van der Waals surface area contributed by atoms with Gasteiger partial charge in [0.25, 0.3) is 5.91 Å². The lowest BCUT2D eigenvalue weighted by Gasteiger charge is -2.49. The number of rotatable bonds is 8. The van der Waals surface area contributed by atoms with Crippen molar-refractivity contribution in [3.05, 3.63) is 35.0 Å². The molecule has 1 aromatic carbocycles. The molecular weight excluding hydrogens is 534 g/mol. The molecule has 210 valence electrons. The van der Waals surface area contributed by atoms with Gasteiger partial charge in [-0.2, -0.15) is 0 Å². The molecule has 14 heteroatoms. The van der Waals surface area contributed by atoms with Gasteiger partial charge in [-0.05, 0) is 38.5 Å². The summed E-state index contributed by atoms with van der Waals surface area (Å²) in [6, 6.07) is 2.82. The topological polar surface area (TPSA) is 173 Å². The molecule has 4 rings (SSSR count). The van der Waals surface area contributed by atoms with Crippen LogP contribution in [0.5, 0.6) is 11.5 Å². The maximum absolute atomic E-state index is 13.1. The number of benzene rings is 1. The molecular formula is C25H29N3O10S. The van der Waals surface area contributed by atoms with Crippen LogP contribution >= 0.6 is 11.8 Å². The number of hydrogen-bond donors (Lipinski definition) is 2. The van der Waals surface area contributed by atoms with Gasteiger partial charge in [0.05, 0.1) is 5.41 Å². The molecule has 0 aromatic heterocycles. The number of thioether (sulfide) groups is 1. The van der Waals surface area contributed by atoms with E-state index >= 15 is 0 Å². The van der Waals surface area contributed by atoms with Gasteiger partial charge in [-0.1, -0.05) is 6.07 Å². The molecule has 0 spiro atoms. The zero-order valence-corrected chi connectivity index (χ0v) is 22.6. The second-order valence-corrected chi connectivity index (χ2v) is 11.1. The first kappa shape index (κ1) is 28.2. The minimum Gasteiger partial charge on any atom is -0.461 e. The van der Waals surface area contributed by atoms with E-state index in [1.54, 1.807) is 39.0 Å². The monoisotopic (exact) mass is 563 g/mol. The van der Waals surface area contributed by atoms with Crippen LogP contribution in [0.4, 0.5) is 0 Å². The number of esters is 3. The van der Waals surface area contributed by atoms with Crippen LogP contribution in [0.3, 0.4) is 0 Å². The number of carbonyl (C=O) groups excluding carboxylic acids is 5. The first-order valence-electron chi connectivity index (χ1n) is 12.0. The molecule has 39 heavy (non-hydrogen) atoms. The summed E-state index contributed by atoms with van der Waals surface area (Å²) in [5, 5.41) is 2.02. The van der Waals surface area contributed by atoms with Crippen molar-refractivity contribution < 1.29 is 47.7 Å². The average Bonchev–Trinajstić information content (AvgIpc) is 3.36. The largest absolute Gasteiger partial charge is 0.461 e. The van der Waals surface area contributed by atoms with Crippen molar-refractivity contribution >= 4 is 41.5 Å². The molecule has 3 heterocycles. The van der Waals surface area contributed by atoms with Crippen molar-refractivity contribution in [3.63, 3.8) is 0 Å². The summed E-state index contributed by atoms with van der Waals surface area (Å²) in [6.45, 7) is 5.32. The van der Waals surface area contributed by atoms with Crippen LogP contribution in [0.2, 0.25) is 0 Å². The molecule has 3 aliphatic heterocycles. The zero-order chi connectivity index (χ0) is 28.5. The number of nitrogens with two attached hydrogens (primary N) is 1. The molecule has 0 bridgehead atoms. The van der Waals surface area contributed by atoms with E-state index in [1.165, 1.54) is 23.6 Å². The number of ether oxygens (including phenoxy) is 5. The molecule has 3 aliphatic rings. The minimum atomic E-state index is -1.09. The number of fused-ring (bicyclic) bond motifs is 2. The van der Waals surface area contributed by atoms with Gasteiger partial charge in [0.15, 0.2) is 11.5 Å². The maximum atomic E-state index is 13.1. The first-order valence-corrected chi connectivity index (χ1v) is 13.0. The Hall–Kier alpha value is -3.78. The lowest BCUT2D eigenvalue weighted by atomic mass is 9.98. The van der Waals surface area contributed by atoms with Crippen molar-refractivity contribution in [2.24, 2.45) is 11.1 Å². The molecule has 13 nitrogen and oxygen atoms in total. The molecule has 2 amide bonds. The third-order valence-electron chi connectivity index (χ3n) is 6.02. The second kappa shape index (κ2) is 11.1. The van der Waals surface area contributed by atoms with Crippen molar-refractivity contribution in [1.82, 2.24) is 10.2 Å². The van der Waals surface area contributed by atoms with Crippen LogP contribution in [0, 0.1) is 5.41 Å². The minimum absolute atomic E-state index is 0.0717. The van der Waals surface area contributed by atoms with Gasteiger partial charge in [-0.15, -0.1) is 11.8 Å². The summed E-state index contributed by atoms with van der Waals surface area (Å²) in [7, 11) is 0. The summed E-state index contributed by atoms with van der Waals surface area (Å²) in [5.74, 6) is -2.03. The lowest BCUT2D eigenvalue weighted by Crippen LogP contribution is -2.71. The van der Waals surface area contributed by atoms with E-state index in [0.717, 1.165) is 0 Å². The van der Waals surface area contributed by atoms with Crippen LogP contribution in [-0.4, -0.2) is 72.0 Å². The number of carbonyl (C=O) groups is 5. The summed E-state index contributed by atoms with van der Waals surface area (Å²) >= 11 is 1.27. The van der Waals surface area contributed by atoms with E-state index < -0.39 is 59.4 Å². The van der Waals surface area contributed by atoms with Crippen molar-refractivity contribution in [2.45, 2.75) is 45.2 Å². The van der Waals surface area contributed by atoms with Crippen LogP contribution in [-0.2, 0) is 38.2 Å². The number of amides is 2. The summed E-state index contributed by atoms with van der Waals surface area (Å²) in [4.78, 5) is 63.6. The molecule has 3 atom stereocenters. The Morgan fingerprint density at radius 1 is 1.15 bits per heavy atom. The van der Waals surface area contributed by atoms with E-state index in [0.29, 0.717) is 22.6 Å². The standard InChI is InChI=1S/C25H29N3O10S/c1-12(29)34-8-14-9-39-22-18(27-20(30)17(26)13-5-6-15-16(7-13)36-10-35-15)21(31)28(22)19(14)23(32)37-11-38-24(33)25(2,3)4/h5-7,17-18,22H,8-11,26H2,1-4H3,(H,27,30)/t17?,18-,22-/m1/s1. The fraction of sp³-hybridized carbons (Fsp3) is 0.480. The van der Waals surface area contributed by atoms with Crippen LogP contribution in [0.1, 0.15) is 39.3 Å². The fourth-order valence-corrected chi connectivity index (χ4v) is 5.22. The van der Waals surface area contributed by atoms with Crippen molar-refractivity contribution in [2.75, 3.05) is 25.9 Å². The normalized spacial score (nSPS) is 20.4. The SMILES string of the molecule is CC(=O)OCC1=C(C(=O)OCOC(=O)C(C)(C)C)N2C(=O)[C@@H](NC(=O)C(N)c3ccc4c(c3)OCO4)[C@H]2SC1. The highest BCUT2D eigenvalue weighted by molar-refractivity contribution is 8.00. The predicted molar refractivity (Wildman–Crippen MR) is 135 cm³/mol. The smallest absolute Gasteiger partial charge is 0.358 e. The summed E-state index contributed by atoms with van der Waals surface area (Å²) < 4.78 is 25.8. The number of nitrogens with zero attached hydrogens (tertiary/aromatic N) is 1. The number of β-lactam (4-membered cyclic amide) rings is 1. The Kier molecular flexibility index (Phi) is 8.07. The van der Waals surface area contributed by atoms with Gasteiger partial charge in [0.2, 0.25) is 19.5 Å². The molecule has 0 saturated carbocycles. The van der Waals surface area contributed by atoms with Crippen molar-refractivity contribution in [3.8, 4) is 11.5 Å². The average molecular weight is 564 g/mol. The predicted octanol–water partition coefficient (Wildman–Crippen LogP) is 0.722. The van der Waals surface area contributed by atoms with E-state index in [2.05, 4.69) is 5.32 Å². The van der Waals surface area contributed by atoms with Crippen LogP contribution in [0.25, 0.3) is 0 Å². The van der Waals surface area contributed by atoms with Gasteiger partial charge in [0, 0.05) is 18.2 Å². The molecule has 3 N–H and O–H groups in total. The molecule has 1 saturated heterocycles. The highest BCUT2D eigenvalue weighted by Crippen LogP contribution is 2.41. The Morgan fingerprint density at radius 2 is 1.87 bits per heavy atom. The van der Waals surface area contributed by atoms with E-state index in [-0.39, 0.29) is 24.8 Å². The number of hydrogen-bond acceptors (Lipinski definition) is 12.